The lowest BCUT2D eigenvalue weighted by Gasteiger charge is -2.10. The molecular formula is C21H23NO4. The summed E-state index contributed by atoms with van der Waals surface area (Å²) in [5.74, 6) is -0.00478. The van der Waals surface area contributed by atoms with E-state index >= 15 is 0 Å². The quantitative estimate of drug-likeness (QED) is 0.802. The van der Waals surface area contributed by atoms with Crippen molar-refractivity contribution in [1.82, 2.24) is 5.32 Å². The van der Waals surface area contributed by atoms with Crippen LogP contribution in [0.15, 0.2) is 42.5 Å². The topological polar surface area (TPSA) is 75.6 Å². The van der Waals surface area contributed by atoms with E-state index in [-0.39, 0.29) is 17.4 Å². The molecule has 0 saturated heterocycles. The highest BCUT2D eigenvalue weighted by Gasteiger charge is 2.44. The molecule has 2 aromatic rings. The van der Waals surface area contributed by atoms with Gasteiger partial charge in [-0.1, -0.05) is 30.3 Å². The molecule has 5 heteroatoms. The Hall–Kier alpha value is -2.82. The molecule has 0 heterocycles. The summed E-state index contributed by atoms with van der Waals surface area (Å²) in [4.78, 5) is 23.4. The van der Waals surface area contributed by atoms with Crippen molar-refractivity contribution in [2.24, 2.45) is 5.92 Å². The monoisotopic (exact) mass is 353 g/mol. The summed E-state index contributed by atoms with van der Waals surface area (Å²) < 4.78 is 5.27. The standard InChI is InChI=1S/C21H23NO4/c1-13-5-3-4-6-16(13)17-12-18(17)20(23)22-10-9-14-7-8-15(21(24)25)11-19(14)26-2/h3-8,11,17-18H,9-10,12H2,1-2H3,(H,22,23)(H,24,25). The molecular weight excluding hydrogens is 330 g/mol. The molecule has 1 amide bonds. The average molecular weight is 353 g/mol. The molecule has 0 bridgehead atoms. The molecule has 2 unspecified atom stereocenters. The average Bonchev–Trinajstić information content (AvgIpc) is 3.42. The van der Waals surface area contributed by atoms with E-state index in [1.807, 2.05) is 12.1 Å². The third-order valence-corrected chi connectivity index (χ3v) is 4.94. The Balaban J connectivity index is 1.54. The number of rotatable bonds is 7. The second kappa shape index (κ2) is 7.60. The lowest BCUT2D eigenvalue weighted by molar-refractivity contribution is -0.122. The minimum absolute atomic E-state index is 0.0485. The van der Waals surface area contributed by atoms with Crippen LogP contribution in [0.4, 0.5) is 0 Å². The van der Waals surface area contributed by atoms with Gasteiger partial charge in [-0.15, -0.1) is 0 Å². The van der Waals surface area contributed by atoms with Crippen LogP contribution in [0.25, 0.3) is 0 Å². The van der Waals surface area contributed by atoms with Crippen molar-refractivity contribution >= 4 is 11.9 Å². The maximum atomic E-state index is 12.4. The van der Waals surface area contributed by atoms with E-state index in [9.17, 15) is 9.59 Å². The highest BCUT2D eigenvalue weighted by atomic mass is 16.5. The molecule has 1 aliphatic rings. The largest absolute Gasteiger partial charge is 0.496 e. The minimum Gasteiger partial charge on any atom is -0.496 e. The maximum absolute atomic E-state index is 12.4. The third-order valence-electron chi connectivity index (χ3n) is 4.94. The smallest absolute Gasteiger partial charge is 0.335 e. The first-order valence-corrected chi connectivity index (χ1v) is 8.74. The number of hydrogen-bond acceptors (Lipinski definition) is 3. The van der Waals surface area contributed by atoms with Crippen molar-refractivity contribution in [2.45, 2.75) is 25.7 Å². The van der Waals surface area contributed by atoms with Gasteiger partial charge in [-0.05, 0) is 54.5 Å². The molecule has 0 aromatic heterocycles. The normalized spacial score (nSPS) is 18.2. The van der Waals surface area contributed by atoms with E-state index in [4.69, 9.17) is 9.84 Å². The summed E-state index contributed by atoms with van der Waals surface area (Å²) in [5.41, 5.74) is 3.56. The zero-order valence-corrected chi connectivity index (χ0v) is 15.0. The van der Waals surface area contributed by atoms with Gasteiger partial charge in [0, 0.05) is 12.5 Å². The van der Waals surface area contributed by atoms with Gasteiger partial charge >= 0.3 is 5.97 Å². The first-order valence-electron chi connectivity index (χ1n) is 8.74. The molecule has 1 saturated carbocycles. The summed E-state index contributed by atoms with van der Waals surface area (Å²) in [6.45, 7) is 2.58. The lowest BCUT2D eigenvalue weighted by atomic mass is 10.0. The number of nitrogens with one attached hydrogen (secondary N) is 1. The number of amides is 1. The first kappa shape index (κ1) is 18.0. The van der Waals surface area contributed by atoms with Crippen molar-refractivity contribution in [1.29, 1.82) is 0 Å². The van der Waals surface area contributed by atoms with Gasteiger partial charge < -0.3 is 15.2 Å². The van der Waals surface area contributed by atoms with Crippen LogP contribution in [0.3, 0.4) is 0 Å². The summed E-state index contributed by atoms with van der Waals surface area (Å²) >= 11 is 0. The summed E-state index contributed by atoms with van der Waals surface area (Å²) in [6.07, 6.45) is 1.49. The van der Waals surface area contributed by atoms with Crippen LogP contribution in [-0.4, -0.2) is 30.6 Å². The SMILES string of the molecule is COc1cc(C(=O)O)ccc1CCNC(=O)C1CC1c1ccccc1C. The number of carbonyl (C=O) groups is 2. The molecule has 26 heavy (non-hydrogen) atoms. The Labute approximate surface area is 153 Å². The molecule has 2 atom stereocenters. The van der Waals surface area contributed by atoms with Crippen molar-refractivity contribution < 1.29 is 19.4 Å². The van der Waals surface area contributed by atoms with Gasteiger partial charge in [0.15, 0.2) is 0 Å². The maximum Gasteiger partial charge on any atom is 0.335 e. The van der Waals surface area contributed by atoms with Gasteiger partial charge in [-0.2, -0.15) is 0 Å². The molecule has 0 spiro atoms. The summed E-state index contributed by atoms with van der Waals surface area (Å²) in [7, 11) is 1.51. The number of aromatic carboxylic acids is 1. The number of carboxylic acids is 1. The van der Waals surface area contributed by atoms with Gasteiger partial charge in [-0.25, -0.2) is 4.79 Å². The molecule has 3 rings (SSSR count). The second-order valence-electron chi connectivity index (χ2n) is 6.68. The second-order valence-corrected chi connectivity index (χ2v) is 6.68. The van der Waals surface area contributed by atoms with Gasteiger partial charge in [0.05, 0.1) is 12.7 Å². The van der Waals surface area contributed by atoms with Crippen LogP contribution in [0.1, 0.15) is 39.4 Å². The predicted molar refractivity (Wildman–Crippen MR) is 98.7 cm³/mol. The molecule has 2 aromatic carbocycles. The number of benzene rings is 2. The highest BCUT2D eigenvalue weighted by molar-refractivity contribution is 5.88. The molecule has 136 valence electrons. The van der Waals surface area contributed by atoms with Crippen molar-refractivity contribution in [3.63, 3.8) is 0 Å². The van der Waals surface area contributed by atoms with E-state index in [1.165, 1.54) is 24.3 Å². The molecule has 1 fully saturated rings. The van der Waals surface area contributed by atoms with Crippen molar-refractivity contribution in [2.75, 3.05) is 13.7 Å². The summed E-state index contributed by atoms with van der Waals surface area (Å²) in [5, 5.41) is 12.0. The predicted octanol–water partition coefficient (Wildman–Crippen LogP) is 3.16. The highest BCUT2D eigenvalue weighted by Crippen LogP contribution is 2.48. The Kier molecular flexibility index (Phi) is 5.26. The number of aryl methyl sites for hydroxylation is 1. The van der Waals surface area contributed by atoms with E-state index < -0.39 is 5.97 Å². The Morgan fingerprint density at radius 1 is 1.23 bits per heavy atom. The van der Waals surface area contributed by atoms with Crippen LogP contribution < -0.4 is 10.1 Å². The molecule has 1 aliphatic carbocycles. The van der Waals surface area contributed by atoms with E-state index in [0.717, 1.165) is 12.0 Å². The van der Waals surface area contributed by atoms with Gasteiger partial charge in [0.2, 0.25) is 5.91 Å². The first-order chi connectivity index (χ1) is 12.5. The molecule has 0 aliphatic heterocycles. The number of ether oxygens (including phenoxy) is 1. The number of hydrogen-bond donors (Lipinski definition) is 2. The van der Waals surface area contributed by atoms with E-state index in [0.29, 0.717) is 24.6 Å². The summed E-state index contributed by atoms with van der Waals surface area (Å²) in [6, 6.07) is 13.0. The number of carboxylic acid groups (broad SMARTS) is 1. The Morgan fingerprint density at radius 2 is 2.00 bits per heavy atom. The number of carbonyl (C=O) groups excluding carboxylic acids is 1. The van der Waals surface area contributed by atoms with Crippen LogP contribution in [0, 0.1) is 12.8 Å². The number of methoxy groups -OCH3 is 1. The molecule has 0 radical (unpaired) electrons. The van der Waals surface area contributed by atoms with Gasteiger partial charge in [0.1, 0.15) is 5.75 Å². The molecule has 2 N–H and O–H groups in total. The minimum atomic E-state index is -0.987. The van der Waals surface area contributed by atoms with Gasteiger partial charge in [-0.3, -0.25) is 4.79 Å². The Bertz CT molecular complexity index is 831. The lowest BCUT2D eigenvalue weighted by Crippen LogP contribution is -2.27. The van der Waals surface area contributed by atoms with E-state index in [1.54, 1.807) is 12.1 Å². The van der Waals surface area contributed by atoms with Crippen LogP contribution in [-0.2, 0) is 11.2 Å². The van der Waals surface area contributed by atoms with Crippen LogP contribution in [0.2, 0.25) is 0 Å². The third kappa shape index (κ3) is 3.87. The van der Waals surface area contributed by atoms with E-state index in [2.05, 4.69) is 24.4 Å². The van der Waals surface area contributed by atoms with Crippen LogP contribution >= 0.6 is 0 Å². The Morgan fingerprint density at radius 3 is 2.69 bits per heavy atom. The van der Waals surface area contributed by atoms with Crippen molar-refractivity contribution in [3.8, 4) is 5.75 Å². The zero-order chi connectivity index (χ0) is 18.7. The zero-order valence-electron chi connectivity index (χ0n) is 15.0. The van der Waals surface area contributed by atoms with Gasteiger partial charge in [0.25, 0.3) is 0 Å². The fourth-order valence-electron chi connectivity index (χ4n) is 3.37. The van der Waals surface area contributed by atoms with Crippen molar-refractivity contribution in [3.05, 3.63) is 64.7 Å². The molecule has 5 nitrogen and oxygen atoms in total. The fourth-order valence-corrected chi connectivity index (χ4v) is 3.37. The van der Waals surface area contributed by atoms with Crippen LogP contribution in [0.5, 0.6) is 5.75 Å². The fraction of sp³-hybridized carbons (Fsp3) is 0.333.